The Morgan fingerprint density at radius 2 is 1.91 bits per heavy atom. The van der Waals surface area contributed by atoms with Gasteiger partial charge in [0.25, 0.3) is 5.69 Å². The molecule has 1 fully saturated rings. The number of nitro groups is 1. The van der Waals surface area contributed by atoms with E-state index in [1.807, 2.05) is 0 Å². The topological polar surface area (TPSA) is 69.9 Å². The Morgan fingerprint density at radius 3 is 2.50 bits per heavy atom. The summed E-state index contributed by atoms with van der Waals surface area (Å²) in [5.41, 5.74) is 1.02. The van der Waals surface area contributed by atoms with Crippen LogP contribution in [-0.2, 0) is 12.3 Å². The molecule has 1 aromatic rings. The van der Waals surface area contributed by atoms with Crippen LogP contribution in [0.5, 0.6) is 5.75 Å². The summed E-state index contributed by atoms with van der Waals surface area (Å²) in [6.45, 7) is 5.16. The van der Waals surface area contributed by atoms with Crippen LogP contribution in [0, 0.1) is 10.1 Å². The normalized spacial score (nSPS) is 16.8. The average Bonchev–Trinajstić information content (AvgIpc) is 2.50. The highest BCUT2D eigenvalue weighted by molar-refractivity contribution is 6.17. The fourth-order valence-corrected chi connectivity index (χ4v) is 2.91. The van der Waals surface area contributed by atoms with Gasteiger partial charge in [-0.05, 0) is 26.4 Å². The van der Waals surface area contributed by atoms with E-state index in [1.165, 1.54) is 12.1 Å². The highest BCUT2D eigenvalue weighted by atomic mass is 35.5. The molecule has 122 valence electrons. The summed E-state index contributed by atoms with van der Waals surface area (Å²) in [5.74, 6) is 0.165. The quantitative estimate of drug-likeness (QED) is 0.493. The minimum atomic E-state index is -0.445. The first-order valence-corrected chi connectivity index (χ1v) is 8.00. The van der Waals surface area contributed by atoms with Crippen LogP contribution in [0.2, 0.25) is 0 Å². The van der Waals surface area contributed by atoms with Crippen molar-refractivity contribution in [3.8, 4) is 5.75 Å². The summed E-state index contributed by atoms with van der Waals surface area (Å²) in [5, 5.41) is 21.1. The Bertz CT molecular complexity index is 531. The molecule has 0 aliphatic carbocycles. The molecule has 0 saturated carbocycles. The maximum absolute atomic E-state index is 11.0. The number of benzene rings is 1. The highest BCUT2D eigenvalue weighted by Gasteiger charge is 2.17. The largest absolute Gasteiger partial charge is 0.507 e. The lowest BCUT2D eigenvalue weighted by atomic mass is 10.0. The van der Waals surface area contributed by atoms with Gasteiger partial charge in [0.2, 0.25) is 0 Å². The van der Waals surface area contributed by atoms with Crippen LogP contribution in [0.15, 0.2) is 12.1 Å². The van der Waals surface area contributed by atoms with Gasteiger partial charge in [0.05, 0.1) is 10.8 Å². The summed E-state index contributed by atoms with van der Waals surface area (Å²) in [6.07, 6.45) is 1.48. The number of phenols is 1. The van der Waals surface area contributed by atoms with Crippen LogP contribution < -0.4 is 0 Å². The summed E-state index contributed by atoms with van der Waals surface area (Å²) < 4.78 is 0. The third-order valence-electron chi connectivity index (χ3n) is 4.12. The van der Waals surface area contributed by atoms with Gasteiger partial charge in [-0.2, -0.15) is 0 Å². The summed E-state index contributed by atoms with van der Waals surface area (Å²) in [7, 11) is 2.12. The standard InChI is InChI=1S/C15H22ClN3O3/c1-17-5-7-18(8-6-17)4-2-3-12-9-14(19(21)22)10-13(11-16)15(12)20/h9-10,20H,2-8,11H2,1H3. The van der Waals surface area contributed by atoms with Crippen molar-refractivity contribution in [3.05, 3.63) is 33.4 Å². The van der Waals surface area contributed by atoms with Crippen molar-refractivity contribution >= 4 is 17.3 Å². The van der Waals surface area contributed by atoms with E-state index in [0.29, 0.717) is 17.5 Å². The van der Waals surface area contributed by atoms with Crippen molar-refractivity contribution in [2.75, 3.05) is 39.8 Å². The van der Waals surface area contributed by atoms with Gasteiger partial charge in [-0.25, -0.2) is 0 Å². The first-order chi connectivity index (χ1) is 10.5. The SMILES string of the molecule is CN1CCN(CCCc2cc([N+](=O)[O-])cc(CCl)c2O)CC1. The van der Waals surface area contributed by atoms with E-state index in [1.54, 1.807) is 0 Å². The fourth-order valence-electron chi connectivity index (χ4n) is 2.70. The van der Waals surface area contributed by atoms with Crippen LogP contribution in [0.3, 0.4) is 0 Å². The van der Waals surface area contributed by atoms with Gasteiger partial charge in [0.15, 0.2) is 0 Å². The molecule has 0 bridgehead atoms. The predicted molar refractivity (Wildman–Crippen MR) is 86.6 cm³/mol. The van der Waals surface area contributed by atoms with E-state index in [-0.39, 0.29) is 17.3 Å². The van der Waals surface area contributed by atoms with Gasteiger partial charge in [-0.3, -0.25) is 10.1 Å². The minimum absolute atomic E-state index is 0.0111. The molecule has 1 aliphatic rings. The molecular formula is C15H22ClN3O3. The van der Waals surface area contributed by atoms with Crippen LogP contribution in [0.25, 0.3) is 0 Å². The molecule has 1 aliphatic heterocycles. The summed E-state index contributed by atoms with van der Waals surface area (Å²) in [6, 6.07) is 2.79. The molecule has 1 N–H and O–H groups in total. The number of alkyl halides is 1. The fraction of sp³-hybridized carbons (Fsp3) is 0.600. The second-order valence-corrected chi connectivity index (χ2v) is 6.02. The number of nitrogens with zero attached hydrogens (tertiary/aromatic N) is 3. The Hall–Kier alpha value is -1.37. The lowest BCUT2D eigenvalue weighted by Crippen LogP contribution is -2.44. The number of piperazine rings is 1. The predicted octanol–water partition coefficient (Wildman–Crippen LogP) is 2.22. The molecule has 1 heterocycles. The van der Waals surface area contributed by atoms with E-state index in [2.05, 4.69) is 16.8 Å². The van der Waals surface area contributed by atoms with Crippen LogP contribution >= 0.6 is 11.6 Å². The molecule has 0 atom stereocenters. The zero-order valence-corrected chi connectivity index (χ0v) is 13.6. The van der Waals surface area contributed by atoms with Crippen molar-refractivity contribution in [2.24, 2.45) is 0 Å². The van der Waals surface area contributed by atoms with E-state index in [9.17, 15) is 15.2 Å². The zero-order chi connectivity index (χ0) is 16.1. The van der Waals surface area contributed by atoms with Crippen molar-refractivity contribution in [2.45, 2.75) is 18.7 Å². The Labute approximate surface area is 135 Å². The number of phenolic OH excluding ortho intramolecular Hbond substituents is 1. The maximum atomic E-state index is 11.0. The van der Waals surface area contributed by atoms with Crippen LogP contribution in [0.1, 0.15) is 17.5 Å². The lowest BCUT2D eigenvalue weighted by Gasteiger charge is -2.32. The molecule has 7 heteroatoms. The molecule has 2 rings (SSSR count). The number of nitro benzene ring substituents is 1. The number of non-ortho nitro benzene ring substituents is 1. The second-order valence-electron chi connectivity index (χ2n) is 5.75. The smallest absolute Gasteiger partial charge is 0.270 e. The Kier molecular flexibility index (Phi) is 5.99. The lowest BCUT2D eigenvalue weighted by molar-refractivity contribution is -0.385. The molecule has 1 saturated heterocycles. The Morgan fingerprint density at radius 1 is 1.27 bits per heavy atom. The number of halogens is 1. The second kappa shape index (κ2) is 7.76. The average molecular weight is 328 g/mol. The van der Waals surface area contributed by atoms with Crippen molar-refractivity contribution < 1.29 is 10.0 Å². The molecule has 1 aromatic carbocycles. The van der Waals surface area contributed by atoms with Gasteiger partial charge in [0.1, 0.15) is 5.75 Å². The number of hydrogen-bond acceptors (Lipinski definition) is 5. The molecule has 6 nitrogen and oxygen atoms in total. The molecule has 0 unspecified atom stereocenters. The van der Waals surface area contributed by atoms with Crippen LogP contribution in [0.4, 0.5) is 5.69 Å². The summed E-state index contributed by atoms with van der Waals surface area (Å²) in [4.78, 5) is 15.2. The van der Waals surface area contributed by atoms with Gasteiger partial charge < -0.3 is 14.9 Å². The Balaban J connectivity index is 1.97. The monoisotopic (exact) mass is 327 g/mol. The van der Waals surface area contributed by atoms with Crippen LogP contribution in [-0.4, -0.2) is 59.6 Å². The molecule has 0 aromatic heterocycles. The van der Waals surface area contributed by atoms with Gasteiger partial charge in [-0.1, -0.05) is 0 Å². The van der Waals surface area contributed by atoms with E-state index in [4.69, 9.17) is 11.6 Å². The van der Waals surface area contributed by atoms with Gasteiger partial charge >= 0.3 is 0 Å². The number of rotatable bonds is 6. The van der Waals surface area contributed by atoms with E-state index in [0.717, 1.165) is 39.1 Å². The first kappa shape index (κ1) is 17.0. The highest BCUT2D eigenvalue weighted by Crippen LogP contribution is 2.30. The van der Waals surface area contributed by atoms with Gasteiger partial charge in [-0.15, -0.1) is 11.6 Å². The number of likely N-dealkylation sites (N-methyl/N-ethyl adjacent to an activating group) is 1. The first-order valence-electron chi connectivity index (χ1n) is 7.47. The molecule has 0 spiro atoms. The number of hydrogen-bond donors (Lipinski definition) is 1. The molecular weight excluding hydrogens is 306 g/mol. The number of aryl methyl sites for hydroxylation is 1. The number of aromatic hydroxyl groups is 1. The maximum Gasteiger partial charge on any atom is 0.270 e. The zero-order valence-electron chi connectivity index (χ0n) is 12.8. The summed E-state index contributed by atoms with van der Waals surface area (Å²) >= 11 is 5.75. The van der Waals surface area contributed by atoms with Crippen molar-refractivity contribution in [1.82, 2.24) is 9.80 Å². The molecule has 0 radical (unpaired) electrons. The van der Waals surface area contributed by atoms with Crippen molar-refractivity contribution in [1.29, 1.82) is 0 Å². The molecule has 22 heavy (non-hydrogen) atoms. The van der Waals surface area contributed by atoms with Gasteiger partial charge in [0, 0.05) is 49.4 Å². The van der Waals surface area contributed by atoms with E-state index >= 15 is 0 Å². The minimum Gasteiger partial charge on any atom is -0.507 e. The molecule has 0 amide bonds. The van der Waals surface area contributed by atoms with Crippen molar-refractivity contribution in [3.63, 3.8) is 0 Å². The van der Waals surface area contributed by atoms with E-state index < -0.39 is 4.92 Å². The third-order valence-corrected chi connectivity index (χ3v) is 4.41. The third kappa shape index (κ3) is 4.32.